The molecule has 3 heterocycles. The van der Waals surface area contributed by atoms with Crippen molar-refractivity contribution in [2.24, 2.45) is 0 Å². The Hall–Kier alpha value is -4.27. The summed E-state index contributed by atoms with van der Waals surface area (Å²) in [5.41, 5.74) is 3.59. The molecule has 0 aliphatic heterocycles. The van der Waals surface area contributed by atoms with Gasteiger partial charge in [-0.3, -0.25) is 9.78 Å². The number of carbonyl (C=O) groups excluding carboxylic acids is 1. The topological polar surface area (TPSA) is 104 Å². The maximum atomic E-state index is 13.0. The second kappa shape index (κ2) is 9.30. The van der Waals surface area contributed by atoms with E-state index < -0.39 is 0 Å². The third-order valence-electron chi connectivity index (χ3n) is 5.69. The van der Waals surface area contributed by atoms with Crippen molar-refractivity contribution in [3.63, 3.8) is 0 Å². The van der Waals surface area contributed by atoms with Gasteiger partial charge in [0.05, 0.1) is 49.6 Å². The third kappa shape index (κ3) is 4.32. The number of ether oxygens (including phenoxy) is 2. The van der Waals surface area contributed by atoms with Gasteiger partial charge in [0, 0.05) is 23.9 Å². The Morgan fingerprint density at radius 3 is 2.71 bits per heavy atom. The van der Waals surface area contributed by atoms with Crippen molar-refractivity contribution in [3.05, 3.63) is 78.0 Å². The van der Waals surface area contributed by atoms with E-state index >= 15 is 0 Å². The molecule has 9 heteroatoms. The molecule has 0 saturated heterocycles. The van der Waals surface area contributed by atoms with Crippen molar-refractivity contribution < 1.29 is 14.3 Å². The summed E-state index contributed by atoms with van der Waals surface area (Å²) in [4.78, 5) is 26.4. The predicted molar refractivity (Wildman–Crippen MR) is 125 cm³/mol. The van der Waals surface area contributed by atoms with E-state index in [9.17, 15) is 4.79 Å². The van der Waals surface area contributed by atoms with Crippen LogP contribution in [0.25, 0.3) is 17.2 Å². The van der Waals surface area contributed by atoms with Gasteiger partial charge in [-0.1, -0.05) is 6.07 Å². The second-order valence-electron chi connectivity index (χ2n) is 7.94. The number of nitrogens with one attached hydrogen (secondary N) is 1. The largest absolute Gasteiger partial charge is 0.497 e. The molecule has 0 bridgehead atoms. The molecular formula is C25H24N6O3. The van der Waals surface area contributed by atoms with Crippen molar-refractivity contribution in [2.45, 2.75) is 25.3 Å². The molecule has 1 aliphatic carbocycles. The van der Waals surface area contributed by atoms with Gasteiger partial charge in [-0.05, 0) is 49.2 Å². The number of nitrogens with zero attached hydrogens (tertiary/aromatic N) is 5. The number of methoxy groups -OCH3 is 2. The van der Waals surface area contributed by atoms with Gasteiger partial charge in [0.15, 0.2) is 0 Å². The van der Waals surface area contributed by atoms with Gasteiger partial charge < -0.3 is 14.8 Å². The highest BCUT2D eigenvalue weighted by molar-refractivity contribution is 5.95. The van der Waals surface area contributed by atoms with Gasteiger partial charge in [-0.25, -0.2) is 14.6 Å². The summed E-state index contributed by atoms with van der Waals surface area (Å²) in [5, 5.41) is 7.44. The summed E-state index contributed by atoms with van der Waals surface area (Å²) in [7, 11) is 3.23. The van der Waals surface area contributed by atoms with Crippen molar-refractivity contribution in [1.29, 1.82) is 0 Å². The van der Waals surface area contributed by atoms with E-state index in [2.05, 4.69) is 20.4 Å². The highest BCUT2D eigenvalue weighted by Gasteiger charge is 2.33. The molecule has 1 fully saturated rings. The minimum atomic E-state index is -0.190. The molecule has 0 spiro atoms. The van der Waals surface area contributed by atoms with E-state index in [1.165, 1.54) is 0 Å². The summed E-state index contributed by atoms with van der Waals surface area (Å²) < 4.78 is 12.6. The highest BCUT2D eigenvalue weighted by atomic mass is 16.5. The molecule has 1 aliphatic rings. The quantitative estimate of drug-likeness (QED) is 0.432. The lowest BCUT2D eigenvalue weighted by Gasteiger charge is -2.12. The molecule has 0 atom stereocenters. The number of aromatic nitrogens is 5. The van der Waals surface area contributed by atoms with Gasteiger partial charge >= 0.3 is 0 Å². The first-order chi connectivity index (χ1) is 16.7. The smallest absolute Gasteiger partial charge is 0.255 e. The van der Waals surface area contributed by atoms with E-state index in [1.807, 2.05) is 42.5 Å². The fourth-order valence-corrected chi connectivity index (χ4v) is 3.83. The van der Waals surface area contributed by atoms with Crippen LogP contribution in [0.3, 0.4) is 0 Å². The van der Waals surface area contributed by atoms with Crippen molar-refractivity contribution in [1.82, 2.24) is 30.0 Å². The Morgan fingerprint density at radius 1 is 1.09 bits per heavy atom. The average molecular weight is 457 g/mol. The minimum Gasteiger partial charge on any atom is -0.497 e. The average Bonchev–Trinajstić information content (AvgIpc) is 3.64. The first kappa shape index (κ1) is 21.6. The van der Waals surface area contributed by atoms with Crippen molar-refractivity contribution in [3.8, 4) is 28.7 Å². The first-order valence-corrected chi connectivity index (χ1v) is 11.0. The van der Waals surface area contributed by atoms with Crippen molar-refractivity contribution in [2.75, 3.05) is 14.2 Å². The molecule has 1 aromatic carbocycles. The number of carbonyl (C=O) groups is 1. The van der Waals surface area contributed by atoms with E-state index in [1.54, 1.807) is 37.5 Å². The number of amides is 1. The molecule has 0 radical (unpaired) electrons. The lowest BCUT2D eigenvalue weighted by molar-refractivity contribution is 0.0949. The summed E-state index contributed by atoms with van der Waals surface area (Å²) in [6.45, 7) is 0.344. The van der Waals surface area contributed by atoms with Crippen LogP contribution in [0.1, 0.15) is 40.5 Å². The van der Waals surface area contributed by atoms with Crippen LogP contribution in [-0.4, -0.2) is 44.9 Å². The van der Waals surface area contributed by atoms with Gasteiger partial charge in [0.25, 0.3) is 11.9 Å². The zero-order chi connectivity index (χ0) is 23.5. The van der Waals surface area contributed by atoms with Gasteiger partial charge in [-0.2, -0.15) is 5.10 Å². The van der Waals surface area contributed by atoms with Crippen LogP contribution in [0.15, 0.2) is 61.1 Å². The lowest BCUT2D eigenvalue weighted by atomic mass is 10.1. The second-order valence-corrected chi connectivity index (χ2v) is 7.94. The number of benzene rings is 1. The predicted octanol–water partition coefficient (Wildman–Crippen LogP) is 3.55. The molecule has 1 saturated carbocycles. The molecule has 1 amide bonds. The summed E-state index contributed by atoms with van der Waals surface area (Å²) in [6, 6.07) is 13.0. The Balaban J connectivity index is 1.47. The summed E-state index contributed by atoms with van der Waals surface area (Å²) >= 11 is 0. The molecule has 0 unspecified atom stereocenters. The van der Waals surface area contributed by atoms with Crippen LogP contribution in [0.5, 0.6) is 11.5 Å². The van der Waals surface area contributed by atoms with Crippen LogP contribution < -0.4 is 14.8 Å². The standard InChI is InChI=1S/C25H24N6O3/c1-33-18-8-9-22(34-2)19(13-18)21-10-12-27-25(30-21)31-23(16-6-7-16)20(15-29-31)24(32)28-14-17-5-3-4-11-26-17/h3-5,8-13,15-16H,6-7,14H2,1-2H3,(H,28,32). The normalized spacial score (nSPS) is 12.9. The van der Waals surface area contributed by atoms with E-state index in [0.717, 1.165) is 29.8 Å². The zero-order valence-corrected chi connectivity index (χ0v) is 18.9. The molecule has 9 nitrogen and oxygen atoms in total. The van der Waals surface area contributed by atoms with Crippen LogP contribution >= 0.6 is 0 Å². The van der Waals surface area contributed by atoms with E-state index in [4.69, 9.17) is 14.5 Å². The number of hydrogen-bond acceptors (Lipinski definition) is 7. The number of pyridine rings is 1. The van der Waals surface area contributed by atoms with Gasteiger partial charge in [0.2, 0.25) is 0 Å². The number of hydrogen-bond donors (Lipinski definition) is 1. The molecule has 5 rings (SSSR count). The maximum absolute atomic E-state index is 13.0. The van der Waals surface area contributed by atoms with Gasteiger partial charge in [0.1, 0.15) is 11.5 Å². The Labute approximate surface area is 196 Å². The fourth-order valence-electron chi connectivity index (χ4n) is 3.83. The van der Waals surface area contributed by atoms with Crippen LogP contribution in [-0.2, 0) is 6.54 Å². The molecule has 34 heavy (non-hydrogen) atoms. The van der Waals surface area contributed by atoms with Gasteiger partial charge in [-0.15, -0.1) is 0 Å². The van der Waals surface area contributed by atoms with E-state index in [0.29, 0.717) is 35.2 Å². The number of rotatable bonds is 8. The summed E-state index contributed by atoms with van der Waals surface area (Å²) in [5.74, 6) is 1.82. The Bertz CT molecular complexity index is 1320. The monoisotopic (exact) mass is 456 g/mol. The minimum absolute atomic E-state index is 0.190. The lowest BCUT2D eigenvalue weighted by Crippen LogP contribution is -2.24. The summed E-state index contributed by atoms with van der Waals surface area (Å²) in [6.07, 6.45) is 6.96. The third-order valence-corrected chi connectivity index (χ3v) is 5.69. The maximum Gasteiger partial charge on any atom is 0.255 e. The van der Waals surface area contributed by atoms with E-state index in [-0.39, 0.29) is 11.8 Å². The molecular weight excluding hydrogens is 432 g/mol. The molecule has 1 N–H and O–H groups in total. The zero-order valence-electron chi connectivity index (χ0n) is 18.9. The highest BCUT2D eigenvalue weighted by Crippen LogP contribution is 2.42. The van der Waals surface area contributed by atoms with Crippen molar-refractivity contribution >= 4 is 5.91 Å². The Kier molecular flexibility index (Phi) is 5.90. The van der Waals surface area contributed by atoms with Crippen LogP contribution in [0, 0.1) is 0 Å². The SMILES string of the molecule is COc1ccc(OC)c(-c2ccnc(-n3ncc(C(=O)NCc4ccccn4)c3C3CC3)n2)c1. The van der Waals surface area contributed by atoms with Crippen LogP contribution in [0.4, 0.5) is 0 Å². The molecule has 4 aromatic rings. The van der Waals surface area contributed by atoms with Crippen LogP contribution in [0.2, 0.25) is 0 Å². The first-order valence-electron chi connectivity index (χ1n) is 11.0. The molecule has 172 valence electrons. The molecule has 3 aromatic heterocycles. The fraction of sp³-hybridized carbons (Fsp3) is 0.240. The Morgan fingerprint density at radius 2 is 1.97 bits per heavy atom.